The first-order chi connectivity index (χ1) is 7.82. The zero-order valence-corrected chi connectivity index (χ0v) is 10.6. The van der Waals surface area contributed by atoms with E-state index in [2.05, 4.69) is 4.98 Å². The number of imidazole rings is 1. The minimum atomic E-state index is -0.991. The highest BCUT2D eigenvalue weighted by molar-refractivity contribution is 6.32. The van der Waals surface area contributed by atoms with E-state index in [0.29, 0.717) is 16.5 Å². The highest BCUT2D eigenvalue weighted by Gasteiger charge is 2.24. The average molecular weight is 253 g/mol. The first-order valence-electron chi connectivity index (χ1n) is 5.23. The SMILES string of the molecule is CC(C)(C)c1nc(Cl)c2cccc(C(=O)O)n12. The maximum atomic E-state index is 11.2. The van der Waals surface area contributed by atoms with E-state index in [1.807, 2.05) is 20.8 Å². The van der Waals surface area contributed by atoms with E-state index in [4.69, 9.17) is 11.6 Å². The summed E-state index contributed by atoms with van der Waals surface area (Å²) >= 11 is 6.04. The van der Waals surface area contributed by atoms with Gasteiger partial charge in [-0.05, 0) is 12.1 Å². The van der Waals surface area contributed by atoms with Gasteiger partial charge in [0, 0.05) is 5.41 Å². The van der Waals surface area contributed by atoms with Gasteiger partial charge in [0.15, 0.2) is 5.15 Å². The number of aromatic nitrogens is 2. The Morgan fingerprint density at radius 2 is 2.06 bits per heavy atom. The van der Waals surface area contributed by atoms with Crippen LogP contribution in [-0.4, -0.2) is 20.5 Å². The quantitative estimate of drug-likeness (QED) is 0.849. The second-order valence-corrected chi connectivity index (χ2v) is 5.27. The highest BCUT2D eigenvalue weighted by atomic mass is 35.5. The molecule has 0 bridgehead atoms. The molecule has 0 aliphatic carbocycles. The number of aromatic carboxylic acids is 1. The lowest BCUT2D eigenvalue weighted by Gasteiger charge is -2.17. The van der Waals surface area contributed by atoms with Crippen LogP contribution in [0.2, 0.25) is 5.15 Å². The molecule has 2 aromatic rings. The molecule has 2 heterocycles. The van der Waals surface area contributed by atoms with Crippen molar-refractivity contribution in [2.45, 2.75) is 26.2 Å². The molecule has 90 valence electrons. The molecular weight excluding hydrogens is 240 g/mol. The Kier molecular flexibility index (Phi) is 2.62. The van der Waals surface area contributed by atoms with E-state index in [9.17, 15) is 9.90 Å². The standard InChI is InChI=1S/C12H13ClN2O2/c1-12(2,3)11-14-9(13)7-5-4-6-8(10(16)17)15(7)11/h4-6H,1-3H3,(H,16,17). The van der Waals surface area contributed by atoms with Crippen LogP contribution in [0, 0.1) is 0 Å². The van der Waals surface area contributed by atoms with Crippen LogP contribution in [0.15, 0.2) is 18.2 Å². The van der Waals surface area contributed by atoms with Gasteiger partial charge in [-0.2, -0.15) is 0 Å². The third-order valence-electron chi connectivity index (χ3n) is 2.51. The lowest BCUT2D eigenvalue weighted by Crippen LogP contribution is -2.18. The number of pyridine rings is 1. The summed E-state index contributed by atoms with van der Waals surface area (Å²) in [5, 5.41) is 9.52. The Morgan fingerprint density at radius 3 is 2.59 bits per heavy atom. The molecule has 4 nitrogen and oxygen atoms in total. The maximum Gasteiger partial charge on any atom is 0.352 e. The molecule has 5 heteroatoms. The van der Waals surface area contributed by atoms with Crippen molar-refractivity contribution in [1.29, 1.82) is 0 Å². The summed E-state index contributed by atoms with van der Waals surface area (Å²) in [6, 6.07) is 4.97. The fraction of sp³-hybridized carbons (Fsp3) is 0.333. The summed E-state index contributed by atoms with van der Waals surface area (Å²) < 4.78 is 1.60. The number of rotatable bonds is 1. The van der Waals surface area contributed by atoms with Crippen molar-refractivity contribution < 1.29 is 9.90 Å². The number of nitrogens with zero attached hydrogens (tertiary/aromatic N) is 2. The molecule has 0 radical (unpaired) electrons. The first kappa shape index (κ1) is 11.9. The molecule has 17 heavy (non-hydrogen) atoms. The minimum absolute atomic E-state index is 0.173. The van der Waals surface area contributed by atoms with Gasteiger partial charge in [-0.3, -0.25) is 4.40 Å². The van der Waals surface area contributed by atoms with Gasteiger partial charge in [-0.25, -0.2) is 9.78 Å². The molecule has 0 aliphatic heterocycles. The average Bonchev–Trinajstić information content (AvgIpc) is 2.56. The lowest BCUT2D eigenvalue weighted by molar-refractivity contribution is 0.0688. The largest absolute Gasteiger partial charge is 0.477 e. The van der Waals surface area contributed by atoms with E-state index < -0.39 is 5.97 Å². The smallest absolute Gasteiger partial charge is 0.352 e. The van der Waals surface area contributed by atoms with Crippen molar-refractivity contribution in [1.82, 2.24) is 9.38 Å². The molecule has 0 saturated carbocycles. The van der Waals surface area contributed by atoms with E-state index in [1.54, 1.807) is 22.6 Å². The summed E-state index contributed by atoms with van der Waals surface area (Å²) in [5.74, 6) is -0.342. The summed E-state index contributed by atoms with van der Waals surface area (Å²) in [5.41, 5.74) is 0.519. The molecule has 0 aliphatic rings. The monoisotopic (exact) mass is 252 g/mol. The number of carboxylic acids is 1. The van der Waals surface area contributed by atoms with Gasteiger partial charge in [-0.15, -0.1) is 0 Å². The highest BCUT2D eigenvalue weighted by Crippen LogP contribution is 2.28. The van der Waals surface area contributed by atoms with Crippen LogP contribution in [-0.2, 0) is 5.41 Å². The van der Waals surface area contributed by atoms with Gasteiger partial charge >= 0.3 is 5.97 Å². The van der Waals surface area contributed by atoms with Gasteiger partial charge in [-0.1, -0.05) is 38.4 Å². The normalized spacial score (nSPS) is 12.0. The molecule has 0 fully saturated rings. The second-order valence-electron chi connectivity index (χ2n) is 4.91. The zero-order chi connectivity index (χ0) is 12.8. The number of carbonyl (C=O) groups is 1. The molecule has 0 spiro atoms. The van der Waals surface area contributed by atoms with Crippen LogP contribution in [0.5, 0.6) is 0 Å². The Balaban J connectivity index is 2.91. The first-order valence-corrected chi connectivity index (χ1v) is 5.61. The van der Waals surface area contributed by atoms with Crippen LogP contribution in [0.3, 0.4) is 0 Å². The lowest BCUT2D eigenvalue weighted by atomic mass is 9.96. The van der Waals surface area contributed by atoms with Crippen LogP contribution in [0.4, 0.5) is 0 Å². The molecule has 0 atom stereocenters. The van der Waals surface area contributed by atoms with Gasteiger partial charge in [0.05, 0.1) is 5.52 Å². The van der Waals surface area contributed by atoms with E-state index in [-0.39, 0.29) is 11.1 Å². The van der Waals surface area contributed by atoms with Crippen molar-refractivity contribution >= 4 is 23.1 Å². The summed E-state index contributed by atoms with van der Waals surface area (Å²) in [4.78, 5) is 15.5. The third-order valence-corrected chi connectivity index (χ3v) is 2.79. The number of halogens is 1. The number of carboxylic acid groups (broad SMARTS) is 1. The number of fused-ring (bicyclic) bond motifs is 1. The molecule has 1 N–H and O–H groups in total. The van der Waals surface area contributed by atoms with Gasteiger partial charge in [0.2, 0.25) is 0 Å². The molecule has 2 rings (SSSR count). The van der Waals surface area contributed by atoms with Gasteiger partial charge in [0.1, 0.15) is 11.5 Å². The van der Waals surface area contributed by atoms with E-state index >= 15 is 0 Å². The van der Waals surface area contributed by atoms with Crippen LogP contribution >= 0.6 is 11.6 Å². The van der Waals surface area contributed by atoms with Gasteiger partial charge < -0.3 is 5.11 Å². The van der Waals surface area contributed by atoms with Crippen molar-refractivity contribution in [2.75, 3.05) is 0 Å². The molecule has 2 aromatic heterocycles. The molecule has 0 saturated heterocycles. The zero-order valence-electron chi connectivity index (χ0n) is 9.86. The van der Waals surface area contributed by atoms with E-state index in [0.717, 1.165) is 0 Å². The van der Waals surface area contributed by atoms with Gasteiger partial charge in [0.25, 0.3) is 0 Å². The second kappa shape index (κ2) is 3.74. The van der Waals surface area contributed by atoms with Crippen molar-refractivity contribution in [2.24, 2.45) is 0 Å². The van der Waals surface area contributed by atoms with Crippen molar-refractivity contribution in [3.8, 4) is 0 Å². The van der Waals surface area contributed by atoms with Crippen molar-refractivity contribution in [3.05, 3.63) is 34.9 Å². The molecule has 0 amide bonds. The number of hydrogen-bond donors (Lipinski definition) is 1. The topological polar surface area (TPSA) is 54.6 Å². The summed E-state index contributed by atoms with van der Waals surface area (Å²) in [7, 11) is 0. The third kappa shape index (κ3) is 1.89. The summed E-state index contributed by atoms with van der Waals surface area (Å²) in [6.45, 7) is 5.91. The summed E-state index contributed by atoms with van der Waals surface area (Å²) in [6.07, 6.45) is 0. The molecule has 0 aromatic carbocycles. The maximum absolute atomic E-state index is 11.2. The molecule has 0 unspecified atom stereocenters. The molecular formula is C12H13ClN2O2. The van der Waals surface area contributed by atoms with Crippen molar-refractivity contribution in [3.63, 3.8) is 0 Å². The predicted octanol–water partition coefficient (Wildman–Crippen LogP) is 2.98. The van der Waals surface area contributed by atoms with Crippen LogP contribution in [0.1, 0.15) is 37.1 Å². The van der Waals surface area contributed by atoms with Crippen LogP contribution < -0.4 is 0 Å². The fourth-order valence-corrected chi connectivity index (χ4v) is 2.00. The Labute approximate surface area is 104 Å². The Hall–Kier alpha value is -1.55. The minimum Gasteiger partial charge on any atom is -0.477 e. The fourth-order valence-electron chi connectivity index (χ4n) is 1.77. The predicted molar refractivity (Wildman–Crippen MR) is 65.9 cm³/mol. The Bertz CT molecular complexity index is 596. The number of hydrogen-bond acceptors (Lipinski definition) is 2. The van der Waals surface area contributed by atoms with Crippen LogP contribution in [0.25, 0.3) is 5.52 Å². The Morgan fingerprint density at radius 1 is 1.41 bits per heavy atom. The van der Waals surface area contributed by atoms with E-state index in [1.165, 1.54) is 0 Å².